The molecule has 1 aromatic carbocycles. The Morgan fingerprint density at radius 2 is 2.07 bits per heavy atom. The molecule has 0 aromatic heterocycles. The lowest BCUT2D eigenvalue weighted by atomic mass is 10.1. The fourth-order valence-corrected chi connectivity index (χ4v) is 2.65. The highest BCUT2D eigenvalue weighted by atomic mass is 79.9. The first-order valence-corrected chi connectivity index (χ1v) is 6.57. The smallest absolute Gasteiger partial charge is 0.0236 e. The van der Waals surface area contributed by atoms with E-state index in [-0.39, 0.29) is 0 Å². The number of nitrogens with zero attached hydrogens (tertiary/aromatic N) is 1. The van der Waals surface area contributed by atoms with Gasteiger partial charge in [0.1, 0.15) is 0 Å². The summed E-state index contributed by atoms with van der Waals surface area (Å²) in [5.74, 6) is 0. The first-order valence-electron chi connectivity index (χ1n) is 5.78. The van der Waals surface area contributed by atoms with E-state index in [1.54, 1.807) is 0 Å². The summed E-state index contributed by atoms with van der Waals surface area (Å²) < 4.78 is 1.17. The number of benzene rings is 1. The number of halogens is 1. The Labute approximate surface area is 101 Å². The minimum absolute atomic E-state index is 0.814. The quantitative estimate of drug-likeness (QED) is 0.805. The molecule has 2 rings (SSSR count). The van der Waals surface area contributed by atoms with Gasteiger partial charge in [0.15, 0.2) is 0 Å². The van der Waals surface area contributed by atoms with E-state index < -0.39 is 0 Å². The van der Waals surface area contributed by atoms with Gasteiger partial charge in [-0.25, -0.2) is 0 Å². The van der Waals surface area contributed by atoms with E-state index in [1.807, 2.05) is 0 Å². The molecule has 2 heteroatoms. The summed E-state index contributed by atoms with van der Waals surface area (Å²) in [6, 6.07) is 9.51. The Morgan fingerprint density at radius 3 is 2.73 bits per heavy atom. The molecule has 0 spiro atoms. The van der Waals surface area contributed by atoms with E-state index in [9.17, 15) is 0 Å². The molecule has 0 saturated carbocycles. The van der Waals surface area contributed by atoms with E-state index in [0.29, 0.717) is 0 Å². The molecular weight excluding hydrogens is 250 g/mol. The van der Waals surface area contributed by atoms with Crippen LogP contribution in [0.2, 0.25) is 0 Å². The third-order valence-corrected chi connectivity index (χ3v) is 3.80. The SMILES string of the molecule is CCC1CCCN1Cc1ccc(Br)cc1. The second kappa shape index (κ2) is 5.13. The molecule has 0 aliphatic carbocycles. The van der Waals surface area contributed by atoms with Crippen molar-refractivity contribution in [3.8, 4) is 0 Å². The molecule has 15 heavy (non-hydrogen) atoms. The summed E-state index contributed by atoms with van der Waals surface area (Å²) in [4.78, 5) is 2.61. The van der Waals surface area contributed by atoms with E-state index in [2.05, 4.69) is 52.0 Å². The molecule has 0 amide bonds. The standard InChI is InChI=1S/C13H18BrN/c1-2-13-4-3-9-15(13)10-11-5-7-12(14)8-6-11/h5-8,13H,2-4,9-10H2,1H3. The Hall–Kier alpha value is -0.340. The summed E-state index contributed by atoms with van der Waals surface area (Å²) in [7, 11) is 0. The van der Waals surface area contributed by atoms with Gasteiger partial charge in [0.05, 0.1) is 0 Å². The molecule has 82 valence electrons. The molecule has 1 saturated heterocycles. The largest absolute Gasteiger partial charge is 0.296 e. The molecule has 1 atom stereocenters. The van der Waals surface area contributed by atoms with Crippen LogP contribution in [0.15, 0.2) is 28.7 Å². The zero-order valence-electron chi connectivity index (χ0n) is 9.25. The van der Waals surface area contributed by atoms with Gasteiger partial charge >= 0.3 is 0 Å². The Morgan fingerprint density at radius 1 is 1.33 bits per heavy atom. The van der Waals surface area contributed by atoms with Crippen LogP contribution in [0.5, 0.6) is 0 Å². The van der Waals surface area contributed by atoms with Crippen molar-refractivity contribution in [1.29, 1.82) is 0 Å². The molecule has 1 heterocycles. The van der Waals surface area contributed by atoms with Crippen molar-refractivity contribution >= 4 is 15.9 Å². The maximum absolute atomic E-state index is 3.47. The minimum Gasteiger partial charge on any atom is -0.296 e. The number of hydrogen-bond donors (Lipinski definition) is 0. The number of likely N-dealkylation sites (tertiary alicyclic amines) is 1. The van der Waals surface area contributed by atoms with Crippen LogP contribution in [0.3, 0.4) is 0 Å². The summed E-state index contributed by atoms with van der Waals surface area (Å²) >= 11 is 3.47. The van der Waals surface area contributed by atoms with Gasteiger partial charge in [-0.1, -0.05) is 35.0 Å². The maximum Gasteiger partial charge on any atom is 0.0236 e. The molecular formula is C13H18BrN. The predicted octanol–water partition coefficient (Wildman–Crippen LogP) is 3.82. The van der Waals surface area contributed by atoms with Crippen molar-refractivity contribution in [2.45, 2.75) is 38.8 Å². The normalized spacial score (nSPS) is 22.1. The van der Waals surface area contributed by atoms with Crippen LogP contribution < -0.4 is 0 Å². The van der Waals surface area contributed by atoms with Crippen LogP contribution in [-0.2, 0) is 6.54 Å². The maximum atomic E-state index is 3.47. The summed E-state index contributed by atoms with van der Waals surface area (Å²) in [5.41, 5.74) is 1.43. The zero-order valence-corrected chi connectivity index (χ0v) is 10.8. The lowest BCUT2D eigenvalue weighted by Crippen LogP contribution is -2.28. The van der Waals surface area contributed by atoms with E-state index in [0.717, 1.165) is 12.6 Å². The van der Waals surface area contributed by atoms with Gasteiger partial charge in [-0.05, 0) is 43.5 Å². The Balaban J connectivity index is 1.99. The lowest BCUT2D eigenvalue weighted by molar-refractivity contribution is 0.240. The third-order valence-electron chi connectivity index (χ3n) is 3.27. The molecule has 1 nitrogen and oxygen atoms in total. The van der Waals surface area contributed by atoms with Crippen LogP contribution in [-0.4, -0.2) is 17.5 Å². The summed E-state index contributed by atoms with van der Waals surface area (Å²) in [5, 5.41) is 0. The second-order valence-corrected chi connectivity index (χ2v) is 5.22. The predicted molar refractivity (Wildman–Crippen MR) is 67.9 cm³/mol. The van der Waals surface area contributed by atoms with Crippen LogP contribution in [0.25, 0.3) is 0 Å². The van der Waals surface area contributed by atoms with Crippen LogP contribution in [0, 0.1) is 0 Å². The molecule has 1 fully saturated rings. The van der Waals surface area contributed by atoms with Crippen molar-refractivity contribution in [2.75, 3.05) is 6.54 Å². The average Bonchev–Trinajstić information content (AvgIpc) is 2.69. The second-order valence-electron chi connectivity index (χ2n) is 4.30. The van der Waals surface area contributed by atoms with Crippen molar-refractivity contribution in [3.63, 3.8) is 0 Å². The van der Waals surface area contributed by atoms with E-state index in [4.69, 9.17) is 0 Å². The Bertz CT molecular complexity index is 307. The van der Waals surface area contributed by atoms with Gasteiger partial charge in [0, 0.05) is 17.1 Å². The van der Waals surface area contributed by atoms with Gasteiger partial charge in [-0.3, -0.25) is 4.90 Å². The monoisotopic (exact) mass is 267 g/mol. The average molecular weight is 268 g/mol. The number of hydrogen-bond acceptors (Lipinski definition) is 1. The highest BCUT2D eigenvalue weighted by molar-refractivity contribution is 9.10. The molecule has 0 radical (unpaired) electrons. The van der Waals surface area contributed by atoms with Gasteiger partial charge in [0.25, 0.3) is 0 Å². The summed E-state index contributed by atoms with van der Waals surface area (Å²) in [6.07, 6.45) is 4.04. The fourth-order valence-electron chi connectivity index (χ4n) is 2.39. The van der Waals surface area contributed by atoms with Crippen molar-refractivity contribution in [1.82, 2.24) is 4.90 Å². The highest BCUT2D eigenvalue weighted by Gasteiger charge is 2.22. The summed E-state index contributed by atoms with van der Waals surface area (Å²) in [6.45, 7) is 4.69. The first kappa shape index (κ1) is 11.2. The molecule has 1 aliphatic rings. The molecule has 0 bridgehead atoms. The topological polar surface area (TPSA) is 3.24 Å². The third kappa shape index (κ3) is 2.82. The van der Waals surface area contributed by atoms with Crippen molar-refractivity contribution < 1.29 is 0 Å². The van der Waals surface area contributed by atoms with E-state index >= 15 is 0 Å². The highest BCUT2D eigenvalue weighted by Crippen LogP contribution is 2.22. The molecule has 1 aromatic rings. The first-order chi connectivity index (χ1) is 7.29. The van der Waals surface area contributed by atoms with Crippen LogP contribution >= 0.6 is 15.9 Å². The van der Waals surface area contributed by atoms with Gasteiger partial charge < -0.3 is 0 Å². The molecule has 1 aliphatic heterocycles. The fraction of sp³-hybridized carbons (Fsp3) is 0.538. The molecule has 0 N–H and O–H groups in total. The van der Waals surface area contributed by atoms with Crippen LogP contribution in [0.4, 0.5) is 0 Å². The zero-order chi connectivity index (χ0) is 10.7. The van der Waals surface area contributed by atoms with Crippen molar-refractivity contribution in [2.24, 2.45) is 0 Å². The van der Waals surface area contributed by atoms with Gasteiger partial charge in [-0.15, -0.1) is 0 Å². The number of rotatable bonds is 3. The lowest BCUT2D eigenvalue weighted by Gasteiger charge is -2.23. The Kier molecular flexibility index (Phi) is 3.81. The van der Waals surface area contributed by atoms with Crippen LogP contribution in [0.1, 0.15) is 31.7 Å². The van der Waals surface area contributed by atoms with Gasteiger partial charge in [0.2, 0.25) is 0 Å². The van der Waals surface area contributed by atoms with E-state index in [1.165, 1.54) is 35.8 Å². The van der Waals surface area contributed by atoms with Crippen molar-refractivity contribution in [3.05, 3.63) is 34.3 Å². The van der Waals surface area contributed by atoms with Gasteiger partial charge in [-0.2, -0.15) is 0 Å². The molecule has 1 unspecified atom stereocenters. The minimum atomic E-state index is 0.814.